The molecule has 1 atom stereocenters. The Balaban J connectivity index is 2.33. The van der Waals surface area contributed by atoms with Gasteiger partial charge in [-0.1, -0.05) is 12.1 Å². The third-order valence-electron chi connectivity index (χ3n) is 3.88. The molecule has 0 saturated heterocycles. The topological polar surface area (TPSA) is 89.5 Å². The first-order valence-corrected chi connectivity index (χ1v) is 6.68. The monoisotopic (exact) mass is 277 g/mol. The van der Waals surface area contributed by atoms with E-state index in [1.165, 1.54) is 6.07 Å². The van der Waals surface area contributed by atoms with Crippen LogP contribution >= 0.6 is 0 Å². The number of nitro benzene ring substituents is 1. The zero-order valence-electron chi connectivity index (χ0n) is 11.7. The summed E-state index contributed by atoms with van der Waals surface area (Å²) in [6, 6.07) is 4.76. The minimum atomic E-state index is -0.495. The second kappa shape index (κ2) is 5.58. The van der Waals surface area contributed by atoms with Gasteiger partial charge in [-0.2, -0.15) is 0 Å². The van der Waals surface area contributed by atoms with Crippen molar-refractivity contribution < 1.29 is 9.72 Å². The molecule has 0 bridgehead atoms. The van der Waals surface area contributed by atoms with Crippen molar-refractivity contribution in [2.24, 2.45) is 11.7 Å². The Morgan fingerprint density at radius 1 is 1.55 bits per heavy atom. The summed E-state index contributed by atoms with van der Waals surface area (Å²) in [7, 11) is 1.67. The number of likely N-dealkylation sites (N-methyl/N-ethyl adjacent to an activating group) is 1. The molecule has 2 rings (SSSR count). The third kappa shape index (κ3) is 2.65. The molecule has 6 heteroatoms. The zero-order chi connectivity index (χ0) is 14.9. The molecule has 1 aliphatic rings. The van der Waals surface area contributed by atoms with Crippen LogP contribution in [0.25, 0.3) is 0 Å². The normalized spacial score (nSPS) is 15.8. The number of amides is 1. The summed E-state index contributed by atoms with van der Waals surface area (Å²) in [6.45, 7) is 2.02. The summed E-state index contributed by atoms with van der Waals surface area (Å²) in [5, 5.41) is 11.2. The highest BCUT2D eigenvalue weighted by Crippen LogP contribution is 2.35. The van der Waals surface area contributed by atoms with E-state index in [0.29, 0.717) is 18.0 Å². The van der Waals surface area contributed by atoms with Crippen molar-refractivity contribution in [3.8, 4) is 0 Å². The van der Waals surface area contributed by atoms with E-state index in [1.807, 2.05) is 0 Å². The predicted octanol–water partition coefficient (Wildman–Crippen LogP) is 1.71. The van der Waals surface area contributed by atoms with E-state index in [9.17, 15) is 14.9 Å². The first-order valence-electron chi connectivity index (χ1n) is 6.68. The highest BCUT2D eigenvalue weighted by atomic mass is 16.6. The van der Waals surface area contributed by atoms with Crippen LogP contribution in [-0.2, 0) is 0 Å². The van der Waals surface area contributed by atoms with Crippen molar-refractivity contribution in [3.05, 3.63) is 39.4 Å². The van der Waals surface area contributed by atoms with Crippen molar-refractivity contribution in [1.29, 1.82) is 0 Å². The lowest BCUT2D eigenvalue weighted by molar-refractivity contribution is -0.385. The van der Waals surface area contributed by atoms with Crippen LogP contribution in [0.5, 0.6) is 0 Å². The van der Waals surface area contributed by atoms with Crippen molar-refractivity contribution in [2.75, 3.05) is 13.6 Å². The molecule has 6 nitrogen and oxygen atoms in total. The van der Waals surface area contributed by atoms with E-state index in [0.717, 1.165) is 12.8 Å². The summed E-state index contributed by atoms with van der Waals surface area (Å²) < 4.78 is 0. The fraction of sp³-hybridized carbons (Fsp3) is 0.500. The summed E-state index contributed by atoms with van der Waals surface area (Å²) in [6.07, 6.45) is 2.13. The summed E-state index contributed by atoms with van der Waals surface area (Å²) >= 11 is 0. The Bertz CT molecular complexity index is 540. The summed E-state index contributed by atoms with van der Waals surface area (Å²) in [5.41, 5.74) is 6.24. The molecule has 0 spiro atoms. The largest absolute Gasteiger partial charge is 0.337 e. The van der Waals surface area contributed by atoms with Crippen molar-refractivity contribution in [2.45, 2.75) is 25.8 Å². The van der Waals surface area contributed by atoms with Crippen LogP contribution < -0.4 is 5.73 Å². The number of nitrogens with two attached hydrogens (primary N) is 1. The maximum atomic E-state index is 12.5. The van der Waals surface area contributed by atoms with Gasteiger partial charge in [0, 0.05) is 25.2 Å². The lowest BCUT2D eigenvalue weighted by Crippen LogP contribution is -2.43. The standard InChI is InChI=1S/C14H19N3O3/c1-9-4-3-5-11(13(9)17(19)20)14(18)16(2)12(8-15)10-6-7-10/h3-5,10,12H,6-8,15H2,1-2H3. The molecule has 1 fully saturated rings. The van der Waals surface area contributed by atoms with E-state index in [1.54, 1.807) is 31.0 Å². The molecule has 1 aliphatic carbocycles. The average Bonchev–Trinajstić information content (AvgIpc) is 3.22. The third-order valence-corrected chi connectivity index (χ3v) is 3.88. The predicted molar refractivity (Wildman–Crippen MR) is 75.5 cm³/mol. The Hall–Kier alpha value is -1.95. The summed E-state index contributed by atoms with van der Waals surface area (Å²) in [5.74, 6) is 0.0977. The van der Waals surface area contributed by atoms with Crippen molar-refractivity contribution >= 4 is 11.6 Å². The van der Waals surface area contributed by atoms with Gasteiger partial charge in [0.05, 0.1) is 4.92 Å². The number of nitrogens with zero attached hydrogens (tertiary/aromatic N) is 2. The van der Waals surface area contributed by atoms with Gasteiger partial charge in [0.15, 0.2) is 0 Å². The van der Waals surface area contributed by atoms with E-state index in [2.05, 4.69) is 0 Å². The Morgan fingerprint density at radius 2 is 2.20 bits per heavy atom. The number of aryl methyl sites for hydroxylation is 1. The van der Waals surface area contributed by atoms with Gasteiger partial charge in [0.1, 0.15) is 5.56 Å². The molecule has 1 aromatic carbocycles. The highest BCUT2D eigenvalue weighted by molar-refractivity contribution is 5.98. The van der Waals surface area contributed by atoms with Gasteiger partial charge in [-0.25, -0.2) is 0 Å². The molecule has 108 valence electrons. The minimum absolute atomic E-state index is 0.0392. The van der Waals surface area contributed by atoms with Crippen LogP contribution in [0.15, 0.2) is 18.2 Å². The first kappa shape index (κ1) is 14.5. The quantitative estimate of drug-likeness (QED) is 0.655. The molecule has 0 heterocycles. The number of para-hydroxylation sites is 1. The summed E-state index contributed by atoms with van der Waals surface area (Å²) in [4.78, 5) is 24.7. The maximum absolute atomic E-state index is 12.5. The zero-order valence-corrected chi connectivity index (χ0v) is 11.7. The fourth-order valence-corrected chi connectivity index (χ4v) is 2.56. The van der Waals surface area contributed by atoms with Crippen LogP contribution in [0, 0.1) is 23.0 Å². The molecular formula is C14H19N3O3. The lowest BCUT2D eigenvalue weighted by Gasteiger charge is -2.27. The highest BCUT2D eigenvalue weighted by Gasteiger charge is 2.36. The van der Waals surface area contributed by atoms with Crippen LogP contribution in [0.4, 0.5) is 5.69 Å². The van der Waals surface area contributed by atoms with Crippen LogP contribution in [0.2, 0.25) is 0 Å². The van der Waals surface area contributed by atoms with E-state index in [4.69, 9.17) is 5.73 Å². The smallest absolute Gasteiger partial charge is 0.285 e. The van der Waals surface area contributed by atoms with Gasteiger partial charge in [-0.3, -0.25) is 14.9 Å². The van der Waals surface area contributed by atoms with Gasteiger partial charge in [0.25, 0.3) is 11.6 Å². The second-order valence-corrected chi connectivity index (χ2v) is 5.28. The molecule has 1 unspecified atom stereocenters. The molecule has 0 aliphatic heterocycles. The molecule has 0 aromatic heterocycles. The first-order chi connectivity index (χ1) is 9.47. The van der Waals surface area contributed by atoms with Crippen LogP contribution in [0.1, 0.15) is 28.8 Å². The number of carbonyl (C=O) groups excluding carboxylic acids is 1. The van der Waals surface area contributed by atoms with Crippen molar-refractivity contribution in [3.63, 3.8) is 0 Å². The molecule has 20 heavy (non-hydrogen) atoms. The Morgan fingerprint density at radius 3 is 2.70 bits per heavy atom. The van der Waals surface area contributed by atoms with E-state index >= 15 is 0 Å². The SMILES string of the molecule is Cc1cccc(C(=O)N(C)C(CN)C2CC2)c1[N+](=O)[O-]. The molecule has 1 aromatic rings. The fourth-order valence-electron chi connectivity index (χ4n) is 2.56. The Labute approximate surface area is 117 Å². The Kier molecular flexibility index (Phi) is 4.04. The molecule has 0 radical (unpaired) electrons. The van der Waals surface area contributed by atoms with E-state index in [-0.39, 0.29) is 23.2 Å². The lowest BCUT2D eigenvalue weighted by atomic mass is 10.1. The molecule has 1 saturated carbocycles. The molecule has 2 N–H and O–H groups in total. The van der Waals surface area contributed by atoms with Crippen LogP contribution in [-0.4, -0.2) is 35.4 Å². The maximum Gasteiger partial charge on any atom is 0.285 e. The van der Waals surface area contributed by atoms with E-state index < -0.39 is 4.92 Å². The second-order valence-electron chi connectivity index (χ2n) is 5.28. The average molecular weight is 277 g/mol. The van der Waals surface area contributed by atoms with Gasteiger partial charge in [-0.15, -0.1) is 0 Å². The molecular weight excluding hydrogens is 258 g/mol. The number of benzene rings is 1. The molecule has 1 amide bonds. The number of hydrogen-bond acceptors (Lipinski definition) is 4. The van der Waals surface area contributed by atoms with Crippen LogP contribution in [0.3, 0.4) is 0 Å². The van der Waals surface area contributed by atoms with Gasteiger partial charge < -0.3 is 10.6 Å². The number of hydrogen-bond donors (Lipinski definition) is 1. The minimum Gasteiger partial charge on any atom is -0.337 e. The van der Waals surface area contributed by atoms with Gasteiger partial charge in [0.2, 0.25) is 0 Å². The van der Waals surface area contributed by atoms with Gasteiger partial charge in [-0.05, 0) is 31.7 Å². The van der Waals surface area contributed by atoms with Gasteiger partial charge >= 0.3 is 0 Å². The number of nitro groups is 1. The number of carbonyl (C=O) groups is 1. The number of rotatable bonds is 5. The van der Waals surface area contributed by atoms with Crippen molar-refractivity contribution in [1.82, 2.24) is 4.90 Å².